The maximum Gasteiger partial charge on any atom is 0.328 e. The van der Waals surface area contributed by atoms with E-state index < -0.39 is 23.8 Å². The van der Waals surface area contributed by atoms with Crippen LogP contribution in [0.3, 0.4) is 0 Å². The molecule has 4 amide bonds. The van der Waals surface area contributed by atoms with Crippen molar-refractivity contribution in [3.05, 3.63) is 35.4 Å². The molecule has 1 aliphatic heterocycles. The van der Waals surface area contributed by atoms with Crippen molar-refractivity contribution in [2.75, 3.05) is 0 Å². The van der Waals surface area contributed by atoms with Crippen molar-refractivity contribution in [3.63, 3.8) is 0 Å². The van der Waals surface area contributed by atoms with Crippen molar-refractivity contribution in [3.8, 4) is 6.07 Å². The molecule has 1 aliphatic rings. The minimum absolute atomic E-state index is 0.153. The van der Waals surface area contributed by atoms with E-state index in [9.17, 15) is 14.4 Å². The molecule has 0 aromatic heterocycles. The second-order valence-corrected chi connectivity index (χ2v) is 3.88. The van der Waals surface area contributed by atoms with Crippen LogP contribution in [0.4, 0.5) is 4.79 Å². The van der Waals surface area contributed by atoms with Gasteiger partial charge in [0.15, 0.2) is 0 Å². The summed E-state index contributed by atoms with van der Waals surface area (Å²) >= 11 is 0. The summed E-state index contributed by atoms with van der Waals surface area (Å²) in [6.07, 6.45) is 0.153. The quantitative estimate of drug-likeness (QED) is 0.718. The van der Waals surface area contributed by atoms with Crippen molar-refractivity contribution < 1.29 is 14.4 Å². The van der Waals surface area contributed by atoms with E-state index in [2.05, 4.69) is 0 Å². The number of nitrogens with one attached hydrogen (secondary N) is 2. The van der Waals surface area contributed by atoms with Gasteiger partial charge in [0.2, 0.25) is 11.8 Å². The Balaban J connectivity index is 2.18. The van der Waals surface area contributed by atoms with Crippen molar-refractivity contribution in [1.29, 1.82) is 5.26 Å². The lowest BCUT2D eigenvalue weighted by Crippen LogP contribution is -2.56. The Hall–Kier alpha value is -2.68. The van der Waals surface area contributed by atoms with Gasteiger partial charge in [-0.1, -0.05) is 12.1 Å². The minimum atomic E-state index is -0.948. The number of hydrogen-bond acceptors (Lipinski definition) is 4. The van der Waals surface area contributed by atoms with Crippen LogP contribution in [-0.4, -0.2) is 17.8 Å². The van der Waals surface area contributed by atoms with Crippen molar-refractivity contribution >= 4 is 17.8 Å². The number of barbiturate groups is 1. The Labute approximate surface area is 103 Å². The average molecular weight is 243 g/mol. The summed E-state index contributed by atoms with van der Waals surface area (Å²) in [5.74, 6) is -2.19. The zero-order valence-electron chi connectivity index (χ0n) is 9.27. The molecule has 1 heterocycles. The van der Waals surface area contributed by atoms with Crippen LogP contribution < -0.4 is 10.6 Å². The summed E-state index contributed by atoms with van der Waals surface area (Å²) in [7, 11) is 0. The first-order chi connectivity index (χ1) is 8.60. The molecular formula is C12H9N3O3. The SMILES string of the molecule is N#Cc1cccc(CC2C(=O)NC(=O)NC2=O)c1. The molecule has 1 fully saturated rings. The van der Waals surface area contributed by atoms with E-state index in [1.807, 2.05) is 16.7 Å². The van der Waals surface area contributed by atoms with E-state index in [4.69, 9.17) is 5.26 Å². The highest BCUT2D eigenvalue weighted by molar-refractivity contribution is 6.16. The third-order valence-corrected chi connectivity index (χ3v) is 2.60. The number of carbonyl (C=O) groups excluding carboxylic acids is 3. The van der Waals surface area contributed by atoms with Gasteiger partial charge in [-0.3, -0.25) is 20.2 Å². The fourth-order valence-corrected chi connectivity index (χ4v) is 1.74. The summed E-state index contributed by atoms with van der Waals surface area (Å²) in [6.45, 7) is 0. The van der Waals surface area contributed by atoms with E-state index in [0.717, 1.165) is 0 Å². The van der Waals surface area contributed by atoms with Gasteiger partial charge in [-0.25, -0.2) is 4.79 Å². The third kappa shape index (κ3) is 2.35. The number of benzene rings is 1. The molecule has 2 N–H and O–H groups in total. The molecule has 1 saturated heterocycles. The van der Waals surface area contributed by atoms with Crippen LogP contribution >= 0.6 is 0 Å². The number of imide groups is 2. The van der Waals surface area contributed by atoms with Gasteiger partial charge in [0, 0.05) is 0 Å². The second-order valence-electron chi connectivity index (χ2n) is 3.88. The lowest BCUT2D eigenvalue weighted by Gasteiger charge is -2.20. The van der Waals surface area contributed by atoms with Crippen molar-refractivity contribution in [2.24, 2.45) is 5.92 Å². The standard InChI is InChI=1S/C12H9N3O3/c13-6-8-3-1-2-7(4-8)5-9-10(16)14-12(18)15-11(9)17/h1-4,9H,5H2,(H2,14,15,16,17,18). The molecule has 1 aromatic rings. The first kappa shape index (κ1) is 11.8. The van der Waals surface area contributed by atoms with Crippen molar-refractivity contribution in [1.82, 2.24) is 10.6 Å². The van der Waals surface area contributed by atoms with Crippen LogP contribution in [0, 0.1) is 17.2 Å². The summed E-state index contributed by atoms with van der Waals surface area (Å²) in [5, 5.41) is 12.8. The Bertz CT molecular complexity index is 554. The Morgan fingerprint density at radius 3 is 2.44 bits per heavy atom. The monoisotopic (exact) mass is 243 g/mol. The Morgan fingerprint density at radius 2 is 1.83 bits per heavy atom. The van der Waals surface area contributed by atoms with Gasteiger partial charge in [-0.05, 0) is 24.1 Å². The molecule has 90 valence electrons. The van der Waals surface area contributed by atoms with E-state index in [0.29, 0.717) is 11.1 Å². The third-order valence-electron chi connectivity index (χ3n) is 2.60. The molecule has 2 rings (SSSR count). The maximum absolute atomic E-state index is 11.5. The highest BCUT2D eigenvalue weighted by Crippen LogP contribution is 2.13. The number of urea groups is 1. The summed E-state index contributed by atoms with van der Waals surface area (Å²) in [6, 6.07) is 7.82. The van der Waals surface area contributed by atoms with Crippen LogP contribution in [0.2, 0.25) is 0 Å². The normalized spacial score (nSPS) is 15.8. The summed E-state index contributed by atoms with van der Waals surface area (Å²) in [5.41, 5.74) is 1.15. The molecule has 0 atom stereocenters. The molecular weight excluding hydrogens is 234 g/mol. The summed E-state index contributed by atoms with van der Waals surface area (Å²) < 4.78 is 0. The molecule has 1 aromatic carbocycles. The first-order valence-corrected chi connectivity index (χ1v) is 5.25. The number of amides is 4. The van der Waals surface area contributed by atoms with Crippen LogP contribution in [0.1, 0.15) is 11.1 Å². The number of rotatable bonds is 2. The van der Waals surface area contributed by atoms with Gasteiger partial charge in [-0.15, -0.1) is 0 Å². The average Bonchev–Trinajstić information content (AvgIpc) is 2.34. The molecule has 0 radical (unpaired) electrons. The van der Waals surface area contributed by atoms with Crippen LogP contribution in [0.15, 0.2) is 24.3 Å². The smallest absolute Gasteiger partial charge is 0.277 e. The van der Waals surface area contributed by atoms with E-state index in [1.54, 1.807) is 24.3 Å². The summed E-state index contributed by atoms with van der Waals surface area (Å²) in [4.78, 5) is 33.9. The highest BCUT2D eigenvalue weighted by atomic mass is 16.2. The molecule has 0 spiro atoms. The van der Waals surface area contributed by atoms with Gasteiger partial charge in [-0.2, -0.15) is 5.26 Å². The van der Waals surface area contributed by atoms with Crippen LogP contribution in [0.5, 0.6) is 0 Å². The largest absolute Gasteiger partial charge is 0.328 e. The van der Waals surface area contributed by atoms with Gasteiger partial charge in [0.05, 0.1) is 11.6 Å². The fraction of sp³-hybridized carbons (Fsp3) is 0.167. The maximum atomic E-state index is 11.5. The fourth-order valence-electron chi connectivity index (χ4n) is 1.74. The Kier molecular flexibility index (Phi) is 3.06. The number of nitriles is 1. The van der Waals surface area contributed by atoms with E-state index in [1.165, 1.54) is 0 Å². The van der Waals surface area contributed by atoms with Gasteiger partial charge in [0.1, 0.15) is 5.92 Å². The topological polar surface area (TPSA) is 99.1 Å². The van der Waals surface area contributed by atoms with Gasteiger partial charge >= 0.3 is 6.03 Å². The number of carbonyl (C=O) groups is 3. The van der Waals surface area contributed by atoms with Crippen molar-refractivity contribution in [2.45, 2.75) is 6.42 Å². The number of hydrogen-bond donors (Lipinski definition) is 2. The van der Waals surface area contributed by atoms with Gasteiger partial charge in [0.25, 0.3) is 0 Å². The zero-order chi connectivity index (χ0) is 13.1. The van der Waals surface area contributed by atoms with Gasteiger partial charge < -0.3 is 0 Å². The Morgan fingerprint density at radius 1 is 1.17 bits per heavy atom. The molecule has 0 saturated carbocycles. The number of nitrogens with zero attached hydrogens (tertiary/aromatic N) is 1. The van der Waals surface area contributed by atoms with Crippen LogP contribution in [0.25, 0.3) is 0 Å². The van der Waals surface area contributed by atoms with E-state index >= 15 is 0 Å². The first-order valence-electron chi connectivity index (χ1n) is 5.25. The molecule has 6 heteroatoms. The lowest BCUT2D eigenvalue weighted by atomic mass is 9.95. The second kappa shape index (κ2) is 4.67. The molecule has 0 aliphatic carbocycles. The van der Waals surface area contributed by atoms with Crippen LogP contribution in [-0.2, 0) is 16.0 Å². The predicted octanol–water partition coefficient (Wildman–Crippen LogP) is 0.0830. The zero-order valence-corrected chi connectivity index (χ0v) is 9.27. The highest BCUT2D eigenvalue weighted by Gasteiger charge is 2.33. The molecule has 18 heavy (non-hydrogen) atoms. The molecule has 6 nitrogen and oxygen atoms in total. The molecule has 0 unspecified atom stereocenters. The minimum Gasteiger partial charge on any atom is -0.277 e. The lowest BCUT2D eigenvalue weighted by molar-refractivity contribution is -0.135. The predicted molar refractivity (Wildman–Crippen MR) is 60.0 cm³/mol. The van der Waals surface area contributed by atoms with E-state index in [-0.39, 0.29) is 6.42 Å². The molecule has 0 bridgehead atoms.